The Hall–Kier alpha value is -2.11. The van der Waals surface area contributed by atoms with Gasteiger partial charge >= 0.3 is 6.09 Å². The Labute approximate surface area is 180 Å². The molecule has 0 N–H and O–H groups in total. The van der Waals surface area contributed by atoms with E-state index >= 15 is 0 Å². The van der Waals surface area contributed by atoms with Crippen molar-refractivity contribution >= 4 is 12.0 Å². The molecule has 1 heterocycles. The molecule has 1 saturated heterocycles. The van der Waals surface area contributed by atoms with Gasteiger partial charge in [-0.05, 0) is 55.7 Å². The van der Waals surface area contributed by atoms with E-state index < -0.39 is 0 Å². The van der Waals surface area contributed by atoms with Crippen LogP contribution in [-0.4, -0.2) is 54.1 Å². The predicted molar refractivity (Wildman–Crippen MR) is 117 cm³/mol. The Morgan fingerprint density at radius 2 is 1.73 bits per heavy atom. The number of hydrogen-bond donors (Lipinski definition) is 0. The van der Waals surface area contributed by atoms with Crippen LogP contribution in [0.2, 0.25) is 0 Å². The molecule has 2 rings (SSSR count). The van der Waals surface area contributed by atoms with Gasteiger partial charge in [-0.1, -0.05) is 39.8 Å². The molecule has 0 bridgehead atoms. The van der Waals surface area contributed by atoms with Crippen molar-refractivity contribution in [2.45, 2.75) is 59.9 Å². The number of hydrogen-bond acceptors (Lipinski definition) is 3. The zero-order valence-corrected chi connectivity index (χ0v) is 19.1. The summed E-state index contributed by atoms with van der Waals surface area (Å²) < 4.78 is 18.6. The van der Waals surface area contributed by atoms with Crippen molar-refractivity contribution in [2.75, 3.05) is 26.2 Å². The molecule has 0 aromatic heterocycles. The highest BCUT2D eigenvalue weighted by Crippen LogP contribution is 2.25. The number of halogens is 1. The molecule has 1 aromatic rings. The van der Waals surface area contributed by atoms with Crippen molar-refractivity contribution in [1.29, 1.82) is 0 Å². The van der Waals surface area contributed by atoms with Crippen molar-refractivity contribution in [3.8, 4) is 0 Å². The second-order valence-electron chi connectivity index (χ2n) is 9.00. The van der Waals surface area contributed by atoms with Gasteiger partial charge in [0.05, 0.1) is 6.61 Å². The molecule has 30 heavy (non-hydrogen) atoms. The molecule has 168 valence electrons. The molecule has 2 amide bonds. The fourth-order valence-electron chi connectivity index (χ4n) is 3.99. The second-order valence-corrected chi connectivity index (χ2v) is 9.00. The van der Waals surface area contributed by atoms with E-state index in [0.717, 1.165) is 5.56 Å². The third kappa shape index (κ3) is 6.71. The first-order chi connectivity index (χ1) is 14.2. The fraction of sp³-hybridized carbons (Fsp3) is 0.667. The third-order valence-electron chi connectivity index (χ3n) is 5.79. The zero-order chi connectivity index (χ0) is 22.3. The third-order valence-corrected chi connectivity index (χ3v) is 5.79. The summed E-state index contributed by atoms with van der Waals surface area (Å²) in [4.78, 5) is 29.2. The fourth-order valence-corrected chi connectivity index (χ4v) is 3.99. The van der Waals surface area contributed by atoms with Crippen molar-refractivity contribution in [1.82, 2.24) is 9.80 Å². The number of amides is 2. The number of carbonyl (C=O) groups excluding carboxylic acids is 2. The molecular formula is C24H37FN2O3. The minimum Gasteiger partial charge on any atom is -0.449 e. The summed E-state index contributed by atoms with van der Waals surface area (Å²) in [5.41, 5.74) is 1.03. The van der Waals surface area contributed by atoms with Gasteiger partial charge in [-0.25, -0.2) is 9.18 Å². The van der Waals surface area contributed by atoms with Crippen molar-refractivity contribution in [2.24, 2.45) is 17.8 Å². The monoisotopic (exact) mass is 420 g/mol. The van der Waals surface area contributed by atoms with Crippen LogP contribution in [0.15, 0.2) is 24.3 Å². The van der Waals surface area contributed by atoms with Crippen LogP contribution < -0.4 is 0 Å². The molecule has 1 atom stereocenters. The molecule has 1 aliphatic heterocycles. The van der Waals surface area contributed by atoms with E-state index in [1.807, 2.05) is 25.7 Å². The van der Waals surface area contributed by atoms with Gasteiger partial charge in [-0.2, -0.15) is 0 Å². The lowest BCUT2D eigenvalue weighted by Crippen LogP contribution is -2.50. The maximum Gasteiger partial charge on any atom is 0.409 e. The molecule has 1 fully saturated rings. The standard InChI is InChI=1S/C24H37FN2O3/c1-6-27(22(18(4)5)15-19-7-9-21(25)10-8-19)23(28)20-11-13-26(14-12-20)24(29)30-16-17(2)3/h7-10,17-18,20,22H,6,11-16H2,1-5H3/t22-/m0/s1. The topological polar surface area (TPSA) is 49.9 Å². The highest BCUT2D eigenvalue weighted by Gasteiger charge is 2.34. The smallest absolute Gasteiger partial charge is 0.409 e. The normalized spacial score (nSPS) is 16.1. The molecule has 6 heteroatoms. The van der Waals surface area contributed by atoms with Gasteiger partial charge < -0.3 is 14.5 Å². The lowest BCUT2D eigenvalue weighted by molar-refractivity contribution is -0.140. The van der Waals surface area contributed by atoms with Crippen LogP contribution in [0.5, 0.6) is 0 Å². The summed E-state index contributed by atoms with van der Waals surface area (Å²) in [5, 5.41) is 0. The van der Waals surface area contributed by atoms with E-state index in [9.17, 15) is 14.0 Å². The van der Waals surface area contributed by atoms with E-state index in [0.29, 0.717) is 51.4 Å². The van der Waals surface area contributed by atoms with E-state index in [-0.39, 0.29) is 35.7 Å². The molecule has 0 spiro atoms. The van der Waals surface area contributed by atoms with Crippen LogP contribution in [0.25, 0.3) is 0 Å². The molecular weight excluding hydrogens is 383 g/mol. The number of ether oxygens (including phenoxy) is 1. The van der Waals surface area contributed by atoms with Gasteiger partial charge in [-0.3, -0.25) is 4.79 Å². The minimum absolute atomic E-state index is 0.0574. The average molecular weight is 421 g/mol. The first-order valence-electron chi connectivity index (χ1n) is 11.2. The summed E-state index contributed by atoms with van der Waals surface area (Å²) in [6.45, 7) is 12.4. The molecule has 0 unspecified atom stereocenters. The maximum absolute atomic E-state index is 13.3. The Bertz CT molecular complexity index is 682. The number of piperidine rings is 1. The van der Waals surface area contributed by atoms with Gasteiger partial charge in [0.2, 0.25) is 5.91 Å². The summed E-state index contributed by atoms with van der Waals surface area (Å²) in [6.07, 6.45) is 1.75. The van der Waals surface area contributed by atoms with Crippen molar-refractivity contribution in [3.63, 3.8) is 0 Å². The Kier molecular flexibility index (Phi) is 9.12. The summed E-state index contributed by atoms with van der Waals surface area (Å²) in [6, 6.07) is 6.59. The average Bonchev–Trinajstić information content (AvgIpc) is 2.73. The molecule has 1 aromatic carbocycles. The highest BCUT2D eigenvalue weighted by atomic mass is 19.1. The largest absolute Gasteiger partial charge is 0.449 e. The van der Waals surface area contributed by atoms with Gasteiger partial charge in [0.25, 0.3) is 0 Å². The van der Waals surface area contributed by atoms with Gasteiger partial charge in [0.1, 0.15) is 5.82 Å². The number of likely N-dealkylation sites (tertiary alicyclic amines) is 1. The molecule has 1 aliphatic rings. The number of rotatable bonds is 8. The lowest BCUT2D eigenvalue weighted by Gasteiger charge is -2.38. The molecule has 0 aliphatic carbocycles. The zero-order valence-electron chi connectivity index (χ0n) is 19.1. The van der Waals surface area contributed by atoms with Crippen LogP contribution in [0.3, 0.4) is 0 Å². The Morgan fingerprint density at radius 1 is 1.13 bits per heavy atom. The first kappa shape index (κ1) is 24.2. The summed E-state index contributed by atoms with van der Waals surface area (Å²) in [7, 11) is 0. The van der Waals surface area contributed by atoms with E-state index in [1.165, 1.54) is 12.1 Å². The Balaban J connectivity index is 1.98. The Morgan fingerprint density at radius 3 is 2.23 bits per heavy atom. The summed E-state index contributed by atoms with van der Waals surface area (Å²) >= 11 is 0. The van der Waals surface area contributed by atoms with Crippen LogP contribution in [0, 0.1) is 23.6 Å². The number of carbonyl (C=O) groups is 2. The molecule has 5 nitrogen and oxygen atoms in total. The maximum atomic E-state index is 13.3. The van der Waals surface area contributed by atoms with Crippen molar-refractivity contribution in [3.05, 3.63) is 35.6 Å². The van der Waals surface area contributed by atoms with E-state index in [2.05, 4.69) is 13.8 Å². The van der Waals surface area contributed by atoms with Crippen LogP contribution in [-0.2, 0) is 16.0 Å². The molecule has 0 radical (unpaired) electrons. The predicted octanol–water partition coefficient (Wildman–Crippen LogP) is 4.75. The number of nitrogens with zero attached hydrogens (tertiary/aromatic N) is 2. The highest BCUT2D eigenvalue weighted by molar-refractivity contribution is 5.79. The van der Waals surface area contributed by atoms with Gasteiger partial charge in [0, 0.05) is 31.6 Å². The number of benzene rings is 1. The SMILES string of the molecule is CCN(C(=O)C1CCN(C(=O)OCC(C)C)CC1)[C@@H](Cc1ccc(F)cc1)C(C)C. The molecule has 0 saturated carbocycles. The van der Waals surface area contributed by atoms with Crippen LogP contribution in [0.1, 0.15) is 53.0 Å². The van der Waals surface area contributed by atoms with E-state index in [1.54, 1.807) is 17.0 Å². The minimum atomic E-state index is -0.279. The van der Waals surface area contributed by atoms with E-state index in [4.69, 9.17) is 4.74 Å². The second kappa shape index (κ2) is 11.3. The van der Waals surface area contributed by atoms with Crippen LogP contribution >= 0.6 is 0 Å². The van der Waals surface area contributed by atoms with Crippen LogP contribution in [0.4, 0.5) is 9.18 Å². The van der Waals surface area contributed by atoms with Crippen molar-refractivity contribution < 1.29 is 18.7 Å². The van der Waals surface area contributed by atoms with Gasteiger partial charge in [0.15, 0.2) is 0 Å². The lowest BCUT2D eigenvalue weighted by atomic mass is 9.90. The van der Waals surface area contributed by atoms with Gasteiger partial charge in [-0.15, -0.1) is 0 Å². The number of likely N-dealkylation sites (N-methyl/N-ethyl adjacent to an activating group) is 1. The summed E-state index contributed by atoms with van der Waals surface area (Å²) in [5.74, 6) is 0.425. The quantitative estimate of drug-likeness (QED) is 0.610. The first-order valence-corrected chi connectivity index (χ1v) is 11.2.